The number of halogens is 1. The van der Waals surface area contributed by atoms with Crippen molar-refractivity contribution >= 4 is 5.91 Å². The second-order valence-electron chi connectivity index (χ2n) is 4.96. The topological polar surface area (TPSA) is 68.0 Å². The van der Waals surface area contributed by atoms with Crippen LogP contribution in [-0.4, -0.2) is 16.0 Å². The van der Waals surface area contributed by atoms with Gasteiger partial charge in [0.1, 0.15) is 5.82 Å². The summed E-state index contributed by atoms with van der Waals surface area (Å²) in [7, 11) is 0. The molecule has 3 aromatic rings. The van der Waals surface area contributed by atoms with E-state index in [0.717, 1.165) is 5.56 Å². The molecule has 0 aliphatic heterocycles. The molecule has 0 unspecified atom stereocenters. The van der Waals surface area contributed by atoms with Gasteiger partial charge in [-0.05, 0) is 23.8 Å². The van der Waals surface area contributed by atoms with Gasteiger partial charge in [0.25, 0.3) is 5.91 Å². The first-order valence-corrected chi connectivity index (χ1v) is 7.10. The number of hydrogen-bond acceptors (Lipinski definition) is 4. The van der Waals surface area contributed by atoms with Crippen LogP contribution >= 0.6 is 0 Å². The van der Waals surface area contributed by atoms with Crippen molar-refractivity contribution in [3.05, 3.63) is 83.3 Å². The van der Waals surface area contributed by atoms with Crippen LogP contribution < -0.4 is 5.32 Å². The Bertz CT molecular complexity index is 802. The summed E-state index contributed by atoms with van der Waals surface area (Å²) in [4.78, 5) is 16.1. The van der Waals surface area contributed by atoms with E-state index in [-0.39, 0.29) is 18.0 Å². The third-order valence-electron chi connectivity index (χ3n) is 3.20. The average Bonchev–Trinajstić information content (AvgIpc) is 3.01. The molecule has 0 fully saturated rings. The van der Waals surface area contributed by atoms with Gasteiger partial charge >= 0.3 is 0 Å². The number of benzene rings is 2. The van der Waals surface area contributed by atoms with Gasteiger partial charge in [0, 0.05) is 5.56 Å². The van der Waals surface area contributed by atoms with E-state index < -0.39 is 5.82 Å². The maximum atomic E-state index is 13.1. The number of nitrogens with one attached hydrogen (secondary N) is 1. The lowest BCUT2D eigenvalue weighted by molar-refractivity contribution is 0.0949. The number of carbonyl (C=O) groups is 1. The Morgan fingerprint density at radius 2 is 1.96 bits per heavy atom. The molecule has 116 valence electrons. The van der Waals surface area contributed by atoms with Crippen molar-refractivity contribution in [3.63, 3.8) is 0 Å². The molecule has 0 spiro atoms. The van der Waals surface area contributed by atoms with E-state index in [1.807, 2.05) is 30.3 Å². The van der Waals surface area contributed by atoms with Crippen LogP contribution in [0, 0.1) is 5.82 Å². The Balaban J connectivity index is 1.58. The quantitative estimate of drug-likeness (QED) is 0.786. The van der Waals surface area contributed by atoms with Crippen LogP contribution in [-0.2, 0) is 13.0 Å². The van der Waals surface area contributed by atoms with Crippen LogP contribution in [0.4, 0.5) is 4.39 Å². The van der Waals surface area contributed by atoms with Crippen molar-refractivity contribution in [2.45, 2.75) is 13.0 Å². The first-order valence-electron chi connectivity index (χ1n) is 7.10. The molecule has 6 heteroatoms. The van der Waals surface area contributed by atoms with Crippen molar-refractivity contribution in [2.24, 2.45) is 0 Å². The standard InChI is InChI=1S/C17H14FN3O2/c18-14-8-4-7-13(10-14)17(22)19-11-15-20-16(23-21-15)9-12-5-2-1-3-6-12/h1-8,10H,9,11H2,(H,19,22). The van der Waals surface area contributed by atoms with E-state index in [2.05, 4.69) is 15.5 Å². The van der Waals surface area contributed by atoms with Gasteiger partial charge in [-0.1, -0.05) is 41.6 Å². The van der Waals surface area contributed by atoms with E-state index in [0.29, 0.717) is 18.1 Å². The van der Waals surface area contributed by atoms with Crippen molar-refractivity contribution in [1.82, 2.24) is 15.5 Å². The van der Waals surface area contributed by atoms with E-state index >= 15 is 0 Å². The Labute approximate surface area is 132 Å². The molecule has 0 atom stereocenters. The summed E-state index contributed by atoms with van der Waals surface area (Å²) in [5.41, 5.74) is 1.31. The number of carbonyl (C=O) groups excluding carboxylic acids is 1. The van der Waals surface area contributed by atoms with Crippen LogP contribution in [0.15, 0.2) is 59.1 Å². The van der Waals surface area contributed by atoms with Crippen LogP contribution in [0.25, 0.3) is 0 Å². The van der Waals surface area contributed by atoms with Gasteiger partial charge < -0.3 is 9.84 Å². The van der Waals surface area contributed by atoms with Crippen LogP contribution in [0.2, 0.25) is 0 Å². The summed E-state index contributed by atoms with van der Waals surface area (Å²) < 4.78 is 18.2. The average molecular weight is 311 g/mol. The van der Waals surface area contributed by atoms with Gasteiger partial charge in [-0.15, -0.1) is 0 Å². The molecule has 3 rings (SSSR count). The zero-order chi connectivity index (χ0) is 16.1. The van der Waals surface area contributed by atoms with E-state index in [1.165, 1.54) is 24.3 Å². The summed E-state index contributed by atoms with van der Waals surface area (Å²) in [6, 6.07) is 15.2. The summed E-state index contributed by atoms with van der Waals surface area (Å²) >= 11 is 0. The summed E-state index contributed by atoms with van der Waals surface area (Å²) in [5, 5.41) is 6.45. The van der Waals surface area contributed by atoms with Crippen molar-refractivity contribution in [1.29, 1.82) is 0 Å². The highest BCUT2D eigenvalue weighted by molar-refractivity contribution is 5.94. The lowest BCUT2D eigenvalue weighted by Crippen LogP contribution is -2.23. The van der Waals surface area contributed by atoms with E-state index in [4.69, 9.17) is 4.52 Å². The molecule has 0 aliphatic carbocycles. The van der Waals surface area contributed by atoms with Gasteiger partial charge in [0.15, 0.2) is 5.82 Å². The molecule has 0 aliphatic rings. The third kappa shape index (κ3) is 4.00. The van der Waals surface area contributed by atoms with E-state index in [1.54, 1.807) is 0 Å². The van der Waals surface area contributed by atoms with Crippen molar-refractivity contribution in [2.75, 3.05) is 0 Å². The monoisotopic (exact) mass is 311 g/mol. The van der Waals surface area contributed by atoms with Crippen molar-refractivity contribution in [3.8, 4) is 0 Å². The smallest absolute Gasteiger partial charge is 0.251 e. The molecular weight excluding hydrogens is 297 g/mol. The predicted octanol–water partition coefficient (Wildman–Crippen LogP) is 2.73. The van der Waals surface area contributed by atoms with Crippen LogP contribution in [0.3, 0.4) is 0 Å². The maximum Gasteiger partial charge on any atom is 0.251 e. The number of aromatic nitrogens is 2. The minimum absolute atomic E-state index is 0.119. The largest absolute Gasteiger partial charge is 0.345 e. The molecule has 1 aromatic heterocycles. The molecule has 0 radical (unpaired) electrons. The predicted molar refractivity (Wildman–Crippen MR) is 81.1 cm³/mol. The van der Waals surface area contributed by atoms with Crippen LogP contribution in [0.5, 0.6) is 0 Å². The van der Waals surface area contributed by atoms with Gasteiger partial charge in [0.2, 0.25) is 5.89 Å². The fraction of sp³-hybridized carbons (Fsp3) is 0.118. The molecule has 23 heavy (non-hydrogen) atoms. The second-order valence-corrected chi connectivity index (χ2v) is 4.96. The highest BCUT2D eigenvalue weighted by Crippen LogP contribution is 2.08. The molecule has 1 N–H and O–H groups in total. The molecule has 1 amide bonds. The minimum atomic E-state index is -0.456. The third-order valence-corrected chi connectivity index (χ3v) is 3.20. The Kier molecular flexibility index (Phi) is 4.42. The molecule has 2 aromatic carbocycles. The normalized spacial score (nSPS) is 10.5. The summed E-state index contributed by atoms with van der Waals surface area (Å²) in [6.07, 6.45) is 0.533. The lowest BCUT2D eigenvalue weighted by Gasteiger charge is -2.02. The van der Waals surface area contributed by atoms with E-state index in [9.17, 15) is 9.18 Å². The summed E-state index contributed by atoms with van der Waals surface area (Å²) in [5.74, 6) is 0.00755. The van der Waals surface area contributed by atoms with Gasteiger partial charge in [-0.2, -0.15) is 4.98 Å². The summed E-state index contributed by atoms with van der Waals surface area (Å²) in [6.45, 7) is 0.119. The zero-order valence-corrected chi connectivity index (χ0v) is 12.2. The highest BCUT2D eigenvalue weighted by atomic mass is 19.1. The Hall–Kier alpha value is -3.02. The SMILES string of the molecule is O=C(NCc1noc(Cc2ccccc2)n1)c1cccc(F)c1. The molecule has 0 bridgehead atoms. The number of rotatable bonds is 5. The molecular formula is C17H14FN3O2. The molecule has 0 saturated heterocycles. The fourth-order valence-corrected chi connectivity index (χ4v) is 2.10. The first kappa shape index (κ1) is 14.9. The highest BCUT2D eigenvalue weighted by Gasteiger charge is 2.10. The van der Waals surface area contributed by atoms with Crippen molar-refractivity contribution < 1.29 is 13.7 Å². The zero-order valence-electron chi connectivity index (χ0n) is 12.2. The minimum Gasteiger partial charge on any atom is -0.345 e. The Morgan fingerprint density at radius 1 is 1.13 bits per heavy atom. The maximum absolute atomic E-state index is 13.1. The number of nitrogens with zero attached hydrogens (tertiary/aromatic N) is 2. The lowest BCUT2D eigenvalue weighted by atomic mass is 10.1. The first-order chi connectivity index (χ1) is 11.2. The second kappa shape index (κ2) is 6.83. The Morgan fingerprint density at radius 3 is 2.74 bits per heavy atom. The molecule has 0 saturated carbocycles. The van der Waals surface area contributed by atoms with Gasteiger partial charge in [-0.25, -0.2) is 4.39 Å². The molecule has 1 heterocycles. The van der Waals surface area contributed by atoms with Gasteiger partial charge in [-0.3, -0.25) is 4.79 Å². The van der Waals surface area contributed by atoms with Crippen LogP contribution in [0.1, 0.15) is 27.6 Å². The number of amides is 1. The fourth-order valence-electron chi connectivity index (χ4n) is 2.10. The number of hydrogen-bond donors (Lipinski definition) is 1. The molecule has 5 nitrogen and oxygen atoms in total. The van der Waals surface area contributed by atoms with Gasteiger partial charge in [0.05, 0.1) is 13.0 Å².